The number of nitrogens with zero attached hydrogens (tertiary/aromatic N) is 3. The molecule has 0 spiro atoms. The summed E-state index contributed by atoms with van der Waals surface area (Å²) in [6.45, 7) is 6.20. The summed E-state index contributed by atoms with van der Waals surface area (Å²) in [6, 6.07) is 20.9. The molecule has 5 nitrogen and oxygen atoms in total. The molecule has 3 aromatic carbocycles. The number of amides is 2. The van der Waals surface area contributed by atoms with Crippen LogP contribution in [0.15, 0.2) is 72.8 Å². The summed E-state index contributed by atoms with van der Waals surface area (Å²) in [5, 5.41) is 0.464. The molecule has 35 heavy (non-hydrogen) atoms. The number of piperazine rings is 1. The van der Waals surface area contributed by atoms with Gasteiger partial charge >= 0.3 is 0 Å². The van der Waals surface area contributed by atoms with Gasteiger partial charge in [-0.1, -0.05) is 54.1 Å². The van der Waals surface area contributed by atoms with E-state index in [0.29, 0.717) is 48.9 Å². The summed E-state index contributed by atoms with van der Waals surface area (Å²) >= 11 is 6.20. The topological polar surface area (TPSA) is 43.9 Å². The molecule has 1 fully saturated rings. The third-order valence-electron chi connectivity index (χ3n) is 6.40. The Labute approximate surface area is 210 Å². The zero-order valence-corrected chi connectivity index (χ0v) is 20.5. The summed E-state index contributed by atoms with van der Waals surface area (Å²) in [5.41, 5.74) is 3.00. The molecule has 7 heteroatoms. The normalized spacial score (nSPS) is 14.1. The Morgan fingerprint density at radius 1 is 0.886 bits per heavy atom. The van der Waals surface area contributed by atoms with Gasteiger partial charge in [-0.2, -0.15) is 0 Å². The highest BCUT2D eigenvalue weighted by Crippen LogP contribution is 2.19. The second-order valence-corrected chi connectivity index (χ2v) is 9.19. The molecule has 3 aromatic rings. The van der Waals surface area contributed by atoms with Crippen molar-refractivity contribution < 1.29 is 14.0 Å². The minimum Gasteiger partial charge on any atom is -0.336 e. The summed E-state index contributed by atoms with van der Waals surface area (Å²) < 4.78 is 13.4. The van der Waals surface area contributed by atoms with Gasteiger partial charge in [-0.25, -0.2) is 4.39 Å². The van der Waals surface area contributed by atoms with Gasteiger partial charge in [-0.05, 0) is 48.4 Å². The van der Waals surface area contributed by atoms with Crippen LogP contribution >= 0.6 is 11.6 Å². The number of aryl methyl sites for hydroxylation is 1. The van der Waals surface area contributed by atoms with Crippen molar-refractivity contribution in [2.45, 2.75) is 13.5 Å². The lowest BCUT2D eigenvalue weighted by atomic mass is 10.1. The second-order valence-electron chi connectivity index (χ2n) is 8.78. The fraction of sp³-hybridized carbons (Fsp3) is 0.286. The van der Waals surface area contributed by atoms with Crippen molar-refractivity contribution in [1.29, 1.82) is 0 Å². The molecule has 1 heterocycles. The first-order chi connectivity index (χ1) is 16.9. The Balaban J connectivity index is 1.39. The van der Waals surface area contributed by atoms with Crippen LogP contribution in [0.1, 0.15) is 31.8 Å². The number of benzene rings is 3. The first-order valence-electron chi connectivity index (χ1n) is 11.8. The molecule has 182 valence electrons. The molecule has 0 aromatic heterocycles. The maximum Gasteiger partial charge on any atom is 0.255 e. The zero-order valence-electron chi connectivity index (χ0n) is 19.8. The maximum absolute atomic E-state index is 13.4. The molecule has 0 radical (unpaired) electrons. The molecule has 2 amide bonds. The smallest absolute Gasteiger partial charge is 0.255 e. The lowest BCUT2D eigenvalue weighted by molar-refractivity contribution is 0.0598. The fourth-order valence-corrected chi connectivity index (χ4v) is 4.50. The predicted molar refractivity (Wildman–Crippen MR) is 136 cm³/mol. The van der Waals surface area contributed by atoms with E-state index in [0.717, 1.165) is 24.2 Å². The predicted octanol–water partition coefficient (Wildman–Crippen LogP) is 4.89. The van der Waals surface area contributed by atoms with Crippen LogP contribution in [0.5, 0.6) is 0 Å². The van der Waals surface area contributed by atoms with Crippen molar-refractivity contribution in [3.05, 3.63) is 106 Å². The fourth-order valence-electron chi connectivity index (χ4n) is 4.29. The highest BCUT2D eigenvalue weighted by atomic mass is 35.5. The average molecular weight is 494 g/mol. The molecule has 0 aliphatic carbocycles. The van der Waals surface area contributed by atoms with E-state index < -0.39 is 0 Å². The summed E-state index contributed by atoms with van der Waals surface area (Å²) in [5.74, 6) is -0.391. The van der Waals surface area contributed by atoms with E-state index in [1.807, 2.05) is 53.1 Å². The van der Waals surface area contributed by atoms with E-state index >= 15 is 0 Å². The number of hydrogen-bond donors (Lipinski definition) is 0. The van der Waals surface area contributed by atoms with Gasteiger partial charge in [0.2, 0.25) is 0 Å². The highest BCUT2D eigenvalue weighted by Gasteiger charge is 2.25. The van der Waals surface area contributed by atoms with Crippen molar-refractivity contribution >= 4 is 23.4 Å². The number of hydrogen-bond acceptors (Lipinski definition) is 3. The summed E-state index contributed by atoms with van der Waals surface area (Å²) in [6.07, 6.45) is 0. The van der Waals surface area contributed by atoms with E-state index in [9.17, 15) is 14.0 Å². The van der Waals surface area contributed by atoms with E-state index in [4.69, 9.17) is 11.6 Å². The lowest BCUT2D eigenvalue weighted by Gasteiger charge is -2.36. The van der Waals surface area contributed by atoms with Crippen LogP contribution < -0.4 is 0 Å². The average Bonchev–Trinajstić information content (AvgIpc) is 2.88. The van der Waals surface area contributed by atoms with E-state index in [2.05, 4.69) is 4.90 Å². The van der Waals surface area contributed by atoms with Crippen LogP contribution in [0.3, 0.4) is 0 Å². The molecule has 4 rings (SSSR count). The number of halogens is 2. The number of rotatable bonds is 7. The quantitative estimate of drug-likeness (QED) is 0.471. The molecular weight excluding hydrogens is 465 g/mol. The van der Waals surface area contributed by atoms with Gasteiger partial charge in [0.15, 0.2) is 0 Å². The van der Waals surface area contributed by atoms with Crippen LogP contribution in [-0.4, -0.2) is 65.8 Å². The zero-order chi connectivity index (χ0) is 24.8. The minimum atomic E-state index is -0.297. The first-order valence-corrected chi connectivity index (χ1v) is 12.2. The van der Waals surface area contributed by atoms with Crippen molar-refractivity contribution in [3.8, 4) is 0 Å². The van der Waals surface area contributed by atoms with Gasteiger partial charge in [0, 0.05) is 51.4 Å². The van der Waals surface area contributed by atoms with Gasteiger partial charge in [-0.3, -0.25) is 14.5 Å². The third-order valence-corrected chi connectivity index (χ3v) is 6.73. The van der Waals surface area contributed by atoms with Crippen molar-refractivity contribution in [2.75, 3.05) is 39.3 Å². The van der Waals surface area contributed by atoms with Gasteiger partial charge in [0.25, 0.3) is 11.8 Å². The Hall–Kier alpha value is -3.22. The highest BCUT2D eigenvalue weighted by molar-refractivity contribution is 6.33. The van der Waals surface area contributed by atoms with Crippen molar-refractivity contribution in [3.63, 3.8) is 0 Å². The molecule has 0 bridgehead atoms. The Morgan fingerprint density at radius 3 is 2.17 bits per heavy atom. The monoisotopic (exact) mass is 493 g/mol. The lowest BCUT2D eigenvalue weighted by Crippen LogP contribution is -2.50. The maximum atomic E-state index is 13.4. The number of carbonyl (C=O) groups excluding carboxylic acids is 2. The van der Waals surface area contributed by atoms with E-state index in [-0.39, 0.29) is 17.6 Å². The summed E-state index contributed by atoms with van der Waals surface area (Å²) in [7, 11) is 0. The minimum absolute atomic E-state index is 0.0417. The molecule has 1 saturated heterocycles. The van der Waals surface area contributed by atoms with Crippen LogP contribution in [0, 0.1) is 12.7 Å². The van der Waals surface area contributed by atoms with Gasteiger partial charge in [0.1, 0.15) is 5.82 Å². The Kier molecular flexibility index (Phi) is 8.16. The molecule has 0 unspecified atom stereocenters. The van der Waals surface area contributed by atoms with Crippen LogP contribution in [0.2, 0.25) is 5.02 Å². The molecule has 0 saturated carbocycles. The van der Waals surface area contributed by atoms with Crippen LogP contribution in [0.4, 0.5) is 4.39 Å². The van der Waals surface area contributed by atoms with Crippen LogP contribution in [-0.2, 0) is 6.54 Å². The Bertz CT molecular complexity index is 1180. The second kappa shape index (κ2) is 11.5. The first kappa shape index (κ1) is 24.9. The molecule has 1 aliphatic rings. The summed E-state index contributed by atoms with van der Waals surface area (Å²) in [4.78, 5) is 32.2. The molecule has 0 N–H and O–H groups in total. The third kappa shape index (κ3) is 6.27. The van der Waals surface area contributed by atoms with Gasteiger partial charge in [-0.15, -0.1) is 0 Å². The van der Waals surface area contributed by atoms with Crippen molar-refractivity contribution in [2.24, 2.45) is 0 Å². The van der Waals surface area contributed by atoms with Crippen molar-refractivity contribution in [1.82, 2.24) is 14.7 Å². The Morgan fingerprint density at radius 2 is 1.51 bits per heavy atom. The molecule has 1 aliphatic heterocycles. The van der Waals surface area contributed by atoms with E-state index in [1.54, 1.807) is 24.3 Å². The molecule has 0 atom stereocenters. The molecular formula is C28H29ClFN3O2. The van der Waals surface area contributed by atoms with E-state index in [1.165, 1.54) is 12.1 Å². The van der Waals surface area contributed by atoms with Crippen LogP contribution in [0.25, 0.3) is 0 Å². The standard InChI is InChI=1S/C28H29ClFN3O2/c1-21-6-2-3-7-24(21)27(34)33(20-22-10-12-23(30)13-11-22)19-16-31-14-17-32(18-15-31)28(35)25-8-4-5-9-26(25)29/h2-13H,14-20H2,1H3. The largest absolute Gasteiger partial charge is 0.336 e. The SMILES string of the molecule is Cc1ccccc1C(=O)N(CCN1CCN(C(=O)c2ccccc2Cl)CC1)Cc1ccc(F)cc1. The van der Waals surface area contributed by atoms with Gasteiger partial charge in [0.05, 0.1) is 10.6 Å². The van der Waals surface area contributed by atoms with Gasteiger partial charge < -0.3 is 9.80 Å². The number of carbonyl (C=O) groups is 2.